The molecule has 0 unspecified atom stereocenters. The summed E-state index contributed by atoms with van der Waals surface area (Å²) in [5, 5.41) is 3.91. The number of aromatic nitrogens is 2. The summed E-state index contributed by atoms with van der Waals surface area (Å²) in [5.74, 6) is 1.34. The lowest BCUT2D eigenvalue weighted by Crippen LogP contribution is -2.23. The number of nitrogens with one attached hydrogen (secondary N) is 1. The van der Waals surface area contributed by atoms with Gasteiger partial charge in [0.15, 0.2) is 11.5 Å². The maximum atomic E-state index is 12.5. The SMILES string of the molecule is COc1ccc(S(=O)(=O)NCc2nc(-c3ccccc3C)no2)cc1OC. The molecule has 0 radical (unpaired) electrons. The predicted octanol–water partition coefficient (Wildman–Crippen LogP) is 2.54. The molecule has 2 aromatic carbocycles. The Bertz CT molecular complexity index is 1050. The Morgan fingerprint density at radius 1 is 1.07 bits per heavy atom. The van der Waals surface area contributed by atoms with E-state index in [1.54, 1.807) is 0 Å². The topological polar surface area (TPSA) is 104 Å². The van der Waals surface area contributed by atoms with Crippen LogP contribution in [0.5, 0.6) is 11.5 Å². The van der Waals surface area contributed by atoms with Gasteiger partial charge in [0.05, 0.1) is 25.7 Å². The first-order valence-electron chi connectivity index (χ1n) is 8.05. The van der Waals surface area contributed by atoms with E-state index in [0.29, 0.717) is 17.3 Å². The molecular formula is C18H19N3O5S. The molecule has 1 heterocycles. The lowest BCUT2D eigenvalue weighted by Gasteiger charge is -2.10. The number of nitrogens with zero attached hydrogens (tertiary/aromatic N) is 2. The first-order chi connectivity index (χ1) is 12.9. The number of sulfonamides is 1. The maximum absolute atomic E-state index is 12.5. The normalized spacial score (nSPS) is 11.4. The molecule has 3 rings (SSSR count). The van der Waals surface area contributed by atoms with Gasteiger partial charge in [-0.25, -0.2) is 13.1 Å². The van der Waals surface area contributed by atoms with E-state index >= 15 is 0 Å². The Kier molecular flexibility index (Phi) is 5.43. The molecule has 9 heteroatoms. The fourth-order valence-electron chi connectivity index (χ4n) is 2.48. The number of benzene rings is 2. The van der Waals surface area contributed by atoms with E-state index < -0.39 is 10.0 Å². The van der Waals surface area contributed by atoms with Gasteiger partial charge in [0.25, 0.3) is 0 Å². The highest BCUT2D eigenvalue weighted by atomic mass is 32.2. The van der Waals surface area contributed by atoms with E-state index in [1.807, 2.05) is 31.2 Å². The minimum Gasteiger partial charge on any atom is -0.493 e. The van der Waals surface area contributed by atoms with E-state index in [2.05, 4.69) is 14.9 Å². The summed E-state index contributed by atoms with van der Waals surface area (Å²) in [7, 11) is -0.877. The molecule has 0 amide bonds. The lowest BCUT2D eigenvalue weighted by atomic mass is 10.1. The predicted molar refractivity (Wildman–Crippen MR) is 98.0 cm³/mol. The Hall–Kier alpha value is -2.91. The van der Waals surface area contributed by atoms with Gasteiger partial charge in [-0.1, -0.05) is 29.4 Å². The largest absolute Gasteiger partial charge is 0.493 e. The molecular weight excluding hydrogens is 370 g/mol. The number of hydrogen-bond acceptors (Lipinski definition) is 7. The van der Waals surface area contributed by atoms with Crippen LogP contribution in [-0.2, 0) is 16.6 Å². The Morgan fingerprint density at radius 3 is 2.52 bits per heavy atom. The zero-order valence-electron chi connectivity index (χ0n) is 15.1. The first-order valence-corrected chi connectivity index (χ1v) is 9.53. The summed E-state index contributed by atoms with van der Waals surface area (Å²) in [6.45, 7) is 1.81. The van der Waals surface area contributed by atoms with Crippen LogP contribution in [0.25, 0.3) is 11.4 Å². The molecule has 0 saturated heterocycles. The minimum atomic E-state index is -3.79. The second-order valence-corrected chi connectivity index (χ2v) is 7.43. The van der Waals surface area contributed by atoms with E-state index in [1.165, 1.54) is 32.4 Å². The van der Waals surface area contributed by atoms with Crippen LogP contribution in [0.4, 0.5) is 0 Å². The van der Waals surface area contributed by atoms with Crippen molar-refractivity contribution in [2.24, 2.45) is 0 Å². The third-order valence-electron chi connectivity index (χ3n) is 3.93. The van der Waals surface area contributed by atoms with Gasteiger partial charge in [0.1, 0.15) is 0 Å². The number of methoxy groups -OCH3 is 2. The number of ether oxygens (including phenoxy) is 2. The molecule has 0 atom stereocenters. The highest BCUT2D eigenvalue weighted by Gasteiger charge is 2.19. The van der Waals surface area contributed by atoms with Crippen molar-refractivity contribution >= 4 is 10.0 Å². The van der Waals surface area contributed by atoms with Crippen LogP contribution in [0.1, 0.15) is 11.5 Å². The van der Waals surface area contributed by atoms with Crippen molar-refractivity contribution in [1.29, 1.82) is 0 Å². The molecule has 0 fully saturated rings. The Labute approximate surface area is 157 Å². The summed E-state index contributed by atoms with van der Waals surface area (Å²) in [5.41, 5.74) is 1.83. The number of hydrogen-bond donors (Lipinski definition) is 1. The van der Waals surface area contributed by atoms with Crippen molar-refractivity contribution < 1.29 is 22.4 Å². The second-order valence-electron chi connectivity index (χ2n) is 5.67. The zero-order chi connectivity index (χ0) is 19.4. The molecule has 0 aliphatic heterocycles. The van der Waals surface area contributed by atoms with Gasteiger partial charge >= 0.3 is 0 Å². The fourth-order valence-corrected chi connectivity index (χ4v) is 3.47. The highest BCUT2D eigenvalue weighted by molar-refractivity contribution is 7.89. The molecule has 0 aliphatic carbocycles. The van der Waals surface area contributed by atoms with E-state index in [0.717, 1.165) is 11.1 Å². The van der Waals surface area contributed by atoms with Gasteiger partial charge in [-0.2, -0.15) is 4.98 Å². The fraction of sp³-hybridized carbons (Fsp3) is 0.222. The zero-order valence-corrected chi connectivity index (χ0v) is 15.9. The molecule has 142 valence electrons. The summed E-state index contributed by atoms with van der Waals surface area (Å²) in [6.07, 6.45) is 0. The van der Waals surface area contributed by atoms with E-state index in [4.69, 9.17) is 14.0 Å². The third kappa shape index (κ3) is 4.09. The summed E-state index contributed by atoms with van der Waals surface area (Å²) in [6, 6.07) is 11.9. The third-order valence-corrected chi connectivity index (χ3v) is 5.33. The summed E-state index contributed by atoms with van der Waals surface area (Å²) >= 11 is 0. The quantitative estimate of drug-likeness (QED) is 0.662. The molecule has 0 bridgehead atoms. The van der Waals surface area contributed by atoms with E-state index in [-0.39, 0.29) is 17.3 Å². The lowest BCUT2D eigenvalue weighted by molar-refractivity contribution is 0.353. The second kappa shape index (κ2) is 7.77. The monoisotopic (exact) mass is 389 g/mol. The molecule has 1 aromatic heterocycles. The van der Waals surface area contributed by atoms with Crippen LogP contribution < -0.4 is 14.2 Å². The molecule has 0 aliphatic rings. The summed E-state index contributed by atoms with van der Waals surface area (Å²) in [4.78, 5) is 4.29. The standard InChI is InChI=1S/C18H19N3O5S/c1-12-6-4-5-7-14(12)18-20-17(26-21-18)11-19-27(22,23)13-8-9-15(24-2)16(10-13)25-3/h4-10,19H,11H2,1-3H3. The van der Waals surface area contributed by atoms with Gasteiger partial charge in [0, 0.05) is 11.6 Å². The van der Waals surface area contributed by atoms with Crippen LogP contribution in [-0.4, -0.2) is 32.8 Å². The smallest absolute Gasteiger partial charge is 0.242 e. The number of rotatable bonds is 7. The van der Waals surface area contributed by atoms with Crippen LogP contribution >= 0.6 is 0 Å². The maximum Gasteiger partial charge on any atom is 0.242 e. The Morgan fingerprint density at radius 2 is 1.81 bits per heavy atom. The van der Waals surface area contributed by atoms with Crippen LogP contribution in [0, 0.1) is 6.92 Å². The average molecular weight is 389 g/mol. The van der Waals surface area contributed by atoms with Crippen molar-refractivity contribution in [3.63, 3.8) is 0 Å². The van der Waals surface area contributed by atoms with Crippen LogP contribution in [0.15, 0.2) is 51.9 Å². The first kappa shape index (κ1) is 18.9. The molecule has 0 spiro atoms. The van der Waals surface area contributed by atoms with Gasteiger partial charge in [-0.15, -0.1) is 0 Å². The van der Waals surface area contributed by atoms with Crippen molar-refractivity contribution in [1.82, 2.24) is 14.9 Å². The van der Waals surface area contributed by atoms with Gasteiger partial charge in [0.2, 0.25) is 21.7 Å². The molecule has 3 aromatic rings. The molecule has 0 saturated carbocycles. The van der Waals surface area contributed by atoms with E-state index in [9.17, 15) is 8.42 Å². The minimum absolute atomic E-state index is 0.0405. The van der Waals surface area contributed by atoms with Crippen molar-refractivity contribution in [3.05, 3.63) is 53.9 Å². The van der Waals surface area contributed by atoms with Crippen LogP contribution in [0.3, 0.4) is 0 Å². The molecule has 1 N–H and O–H groups in total. The number of aryl methyl sites for hydroxylation is 1. The summed E-state index contributed by atoms with van der Waals surface area (Å²) < 4.78 is 42.9. The Balaban J connectivity index is 1.76. The molecule has 8 nitrogen and oxygen atoms in total. The highest BCUT2D eigenvalue weighted by Crippen LogP contribution is 2.29. The van der Waals surface area contributed by atoms with Gasteiger partial charge < -0.3 is 14.0 Å². The van der Waals surface area contributed by atoms with Gasteiger partial charge in [-0.3, -0.25) is 0 Å². The van der Waals surface area contributed by atoms with Gasteiger partial charge in [-0.05, 0) is 24.6 Å². The van der Waals surface area contributed by atoms with Crippen molar-refractivity contribution in [3.8, 4) is 22.9 Å². The van der Waals surface area contributed by atoms with Crippen LogP contribution in [0.2, 0.25) is 0 Å². The molecule has 27 heavy (non-hydrogen) atoms. The van der Waals surface area contributed by atoms with Crippen molar-refractivity contribution in [2.45, 2.75) is 18.4 Å². The van der Waals surface area contributed by atoms with Crippen molar-refractivity contribution in [2.75, 3.05) is 14.2 Å². The average Bonchev–Trinajstić information content (AvgIpc) is 3.15.